The molecule has 1 saturated carbocycles. The zero-order valence-corrected chi connectivity index (χ0v) is 24.7. The first-order chi connectivity index (χ1) is 18.5. The van der Waals surface area contributed by atoms with Crippen LogP contribution in [0.4, 0.5) is 0 Å². The number of hydrogen-bond acceptors (Lipinski definition) is 9. The number of phenols is 1. The number of aliphatic hydroxyl groups excluding tert-OH is 3. The van der Waals surface area contributed by atoms with E-state index in [1.807, 2.05) is 0 Å². The molecule has 3 aliphatic carbocycles. The Balaban J connectivity index is 2.24. The summed E-state index contributed by atoms with van der Waals surface area (Å²) in [5, 5.41) is 69.0. The molecule has 0 spiro atoms. The number of carbonyl (C=O) groups excluding carboxylic acids is 3. The lowest BCUT2D eigenvalue weighted by molar-refractivity contribution is -0.215. The molecule has 6 N–H and O–H groups in total. The first kappa shape index (κ1) is 30.5. The maximum absolute atomic E-state index is 14.5. The quantitative estimate of drug-likeness (QED) is 0.292. The molecule has 0 heterocycles. The van der Waals surface area contributed by atoms with E-state index in [-0.39, 0.29) is 22.3 Å². The summed E-state index contributed by atoms with van der Waals surface area (Å²) in [4.78, 5) is 53.2. The molecule has 4 rings (SSSR count). The number of Topliss-reactive ketones (excluding diaryl/α,β-unsaturated/α-hetero) is 3. The van der Waals surface area contributed by atoms with Gasteiger partial charge in [0.2, 0.25) is 5.78 Å². The first-order valence-corrected chi connectivity index (χ1v) is 13.6. The SMILES string of the molecule is CC(=O)C1=C(O)[C@]2(O)C(=O)C3=C(O)c4c(O)c(C(C)(C)C)cc(C(=O)O)c4[C@@H](C)[C@]3(C)[C@@H](O)[C@]2(C)C(C(C)C)C1=O. The lowest BCUT2D eigenvalue weighted by Crippen LogP contribution is -2.75. The molecule has 6 atom stereocenters. The van der Waals surface area contributed by atoms with Crippen LogP contribution in [-0.2, 0) is 19.8 Å². The average molecular weight is 571 g/mol. The Hall–Kier alpha value is -3.50. The van der Waals surface area contributed by atoms with Crippen LogP contribution >= 0.6 is 0 Å². The first-order valence-electron chi connectivity index (χ1n) is 13.6. The van der Waals surface area contributed by atoms with Crippen molar-refractivity contribution in [2.45, 2.75) is 85.4 Å². The van der Waals surface area contributed by atoms with Gasteiger partial charge in [0, 0.05) is 22.3 Å². The van der Waals surface area contributed by atoms with Gasteiger partial charge in [-0.3, -0.25) is 14.4 Å². The number of hydrogen-bond donors (Lipinski definition) is 6. The number of carboxylic acids is 1. The molecule has 0 radical (unpaired) electrons. The van der Waals surface area contributed by atoms with Gasteiger partial charge in [0.25, 0.3) is 0 Å². The molecule has 1 unspecified atom stereocenters. The van der Waals surface area contributed by atoms with Crippen molar-refractivity contribution in [1.29, 1.82) is 0 Å². The van der Waals surface area contributed by atoms with E-state index in [2.05, 4.69) is 0 Å². The van der Waals surface area contributed by atoms with Crippen molar-refractivity contribution in [3.8, 4) is 5.75 Å². The predicted molar refractivity (Wildman–Crippen MR) is 148 cm³/mol. The van der Waals surface area contributed by atoms with Gasteiger partial charge in [-0.1, -0.05) is 55.4 Å². The molecular weight excluding hydrogens is 532 g/mol. The van der Waals surface area contributed by atoms with E-state index in [1.54, 1.807) is 34.6 Å². The van der Waals surface area contributed by atoms with Crippen molar-refractivity contribution in [2.24, 2.45) is 22.7 Å². The van der Waals surface area contributed by atoms with Crippen LogP contribution < -0.4 is 0 Å². The Labute approximate surface area is 238 Å². The predicted octanol–water partition coefficient (Wildman–Crippen LogP) is 3.72. The van der Waals surface area contributed by atoms with Crippen molar-refractivity contribution in [1.82, 2.24) is 0 Å². The molecule has 3 aliphatic rings. The van der Waals surface area contributed by atoms with Crippen molar-refractivity contribution < 1.29 is 49.8 Å². The van der Waals surface area contributed by atoms with Crippen LogP contribution in [0.1, 0.15) is 95.3 Å². The summed E-state index contributed by atoms with van der Waals surface area (Å²) < 4.78 is 0. The van der Waals surface area contributed by atoms with Crippen LogP contribution in [0.2, 0.25) is 0 Å². The Morgan fingerprint density at radius 1 is 1.05 bits per heavy atom. The fourth-order valence-corrected chi connectivity index (χ4v) is 7.81. The molecule has 10 nitrogen and oxygen atoms in total. The fraction of sp³-hybridized carbons (Fsp3) is 0.548. The fourth-order valence-electron chi connectivity index (χ4n) is 7.81. The van der Waals surface area contributed by atoms with Gasteiger partial charge in [0.05, 0.1) is 22.8 Å². The normalized spacial score (nSPS) is 33.5. The third-order valence-corrected chi connectivity index (χ3v) is 9.97. The Bertz CT molecular complexity index is 1510. The second kappa shape index (κ2) is 8.75. The molecular formula is C31H38O10. The summed E-state index contributed by atoms with van der Waals surface area (Å²) in [5.74, 6) is -9.90. The molecule has 1 aromatic carbocycles. The van der Waals surface area contributed by atoms with Gasteiger partial charge in [0.15, 0.2) is 17.2 Å². The minimum absolute atomic E-state index is 0.0277. The number of rotatable bonds is 3. The third-order valence-electron chi connectivity index (χ3n) is 9.97. The Morgan fingerprint density at radius 3 is 2.02 bits per heavy atom. The number of benzene rings is 1. The highest BCUT2D eigenvalue weighted by molar-refractivity contribution is 6.24. The van der Waals surface area contributed by atoms with Crippen LogP contribution in [0.3, 0.4) is 0 Å². The summed E-state index contributed by atoms with van der Waals surface area (Å²) >= 11 is 0. The molecule has 0 saturated heterocycles. The zero-order valence-electron chi connectivity index (χ0n) is 24.7. The Morgan fingerprint density at radius 2 is 1.59 bits per heavy atom. The van der Waals surface area contributed by atoms with Crippen LogP contribution in [0.5, 0.6) is 5.75 Å². The number of aliphatic hydroxyl groups is 4. The van der Waals surface area contributed by atoms with E-state index in [1.165, 1.54) is 26.8 Å². The summed E-state index contributed by atoms with van der Waals surface area (Å²) in [5.41, 5.74) is -9.47. The molecule has 222 valence electrons. The summed E-state index contributed by atoms with van der Waals surface area (Å²) in [7, 11) is 0. The van der Waals surface area contributed by atoms with Crippen molar-refractivity contribution in [3.63, 3.8) is 0 Å². The highest BCUT2D eigenvalue weighted by Crippen LogP contribution is 2.68. The zero-order chi connectivity index (χ0) is 31.5. The smallest absolute Gasteiger partial charge is 0.336 e. The number of ketones is 3. The highest BCUT2D eigenvalue weighted by atomic mass is 16.4. The third kappa shape index (κ3) is 3.37. The van der Waals surface area contributed by atoms with E-state index in [9.17, 15) is 49.8 Å². The molecule has 1 fully saturated rings. The maximum atomic E-state index is 14.5. The van der Waals surface area contributed by atoms with Crippen molar-refractivity contribution >= 4 is 29.1 Å². The van der Waals surface area contributed by atoms with Gasteiger partial charge < -0.3 is 30.6 Å². The molecule has 0 aliphatic heterocycles. The van der Waals surface area contributed by atoms with Crippen molar-refractivity contribution in [3.05, 3.63) is 45.2 Å². The maximum Gasteiger partial charge on any atom is 0.336 e. The van der Waals surface area contributed by atoms with Gasteiger partial charge >= 0.3 is 5.97 Å². The summed E-state index contributed by atoms with van der Waals surface area (Å²) in [6.45, 7) is 13.6. The second-order valence-corrected chi connectivity index (χ2v) is 13.5. The number of carbonyl (C=O) groups is 4. The van der Waals surface area contributed by atoms with Gasteiger partial charge in [0.1, 0.15) is 22.8 Å². The largest absolute Gasteiger partial charge is 0.508 e. The topological polar surface area (TPSA) is 190 Å². The number of aromatic carboxylic acids is 1. The number of fused-ring (bicyclic) bond motifs is 3. The minimum Gasteiger partial charge on any atom is -0.508 e. The van der Waals surface area contributed by atoms with Crippen LogP contribution in [-0.4, -0.2) is 65.7 Å². The van der Waals surface area contributed by atoms with Crippen molar-refractivity contribution in [2.75, 3.05) is 0 Å². The monoisotopic (exact) mass is 570 g/mol. The number of allylic oxidation sites excluding steroid dienone is 1. The molecule has 0 amide bonds. The minimum atomic E-state index is -3.01. The van der Waals surface area contributed by atoms with E-state index < -0.39 is 97.4 Å². The summed E-state index contributed by atoms with van der Waals surface area (Å²) in [6, 6.07) is 1.30. The summed E-state index contributed by atoms with van der Waals surface area (Å²) in [6.07, 6.45) is -1.84. The van der Waals surface area contributed by atoms with Gasteiger partial charge in [-0.25, -0.2) is 4.79 Å². The number of phenolic OH excluding ortho intramolecular Hbond substituents is 1. The van der Waals surface area contributed by atoms with Gasteiger partial charge in [-0.2, -0.15) is 0 Å². The second-order valence-electron chi connectivity index (χ2n) is 13.5. The molecule has 41 heavy (non-hydrogen) atoms. The van der Waals surface area contributed by atoms with Gasteiger partial charge in [-0.05, 0) is 35.8 Å². The van der Waals surface area contributed by atoms with Crippen LogP contribution in [0.15, 0.2) is 23.0 Å². The molecule has 0 bridgehead atoms. The van der Waals surface area contributed by atoms with Crippen LogP contribution in [0, 0.1) is 22.7 Å². The van der Waals surface area contributed by atoms with E-state index in [4.69, 9.17) is 0 Å². The molecule has 0 aromatic heterocycles. The van der Waals surface area contributed by atoms with E-state index >= 15 is 0 Å². The lowest BCUT2D eigenvalue weighted by Gasteiger charge is -2.63. The number of aromatic hydroxyl groups is 1. The Kier molecular flexibility index (Phi) is 6.50. The lowest BCUT2D eigenvalue weighted by atomic mass is 9.40. The standard InChI is InChI=1S/C31H38O10/c1-11(2)19-22(34)17(13(4)32)24(36)31(41)25(37)20-23(35)18-16(12(3)29(20,8)27(40)30(19,31)9)14(26(38)39)10-15(21(18)33)28(5,6)7/h10-12,19,27,33,35-36,40-41H,1-9H3,(H,38,39)/t12-,19?,27-,29+,30+,31+/m1/s1. The van der Waals surface area contributed by atoms with E-state index in [0.717, 1.165) is 6.92 Å². The van der Waals surface area contributed by atoms with Crippen LogP contribution in [0.25, 0.3) is 5.76 Å². The molecule has 1 aromatic rings. The van der Waals surface area contributed by atoms with E-state index in [0.29, 0.717) is 0 Å². The number of carboxylic acid groups (broad SMARTS) is 1. The molecule has 10 heteroatoms. The highest BCUT2D eigenvalue weighted by Gasteiger charge is 2.77. The van der Waals surface area contributed by atoms with Gasteiger partial charge in [-0.15, -0.1) is 0 Å². The average Bonchev–Trinajstić information content (AvgIpc) is 2.82.